The van der Waals surface area contributed by atoms with Gasteiger partial charge < -0.3 is 20.5 Å². The van der Waals surface area contributed by atoms with Crippen LogP contribution in [0.1, 0.15) is 37.3 Å². The lowest BCUT2D eigenvalue weighted by atomic mass is 9.98. The van der Waals surface area contributed by atoms with Gasteiger partial charge in [0, 0.05) is 12.3 Å². The molecule has 0 fully saturated rings. The normalized spacial score (nSPS) is 14.4. The molecule has 1 aliphatic rings. The van der Waals surface area contributed by atoms with E-state index in [0.29, 0.717) is 0 Å². The molecule has 0 aromatic heterocycles. The molecule has 0 aliphatic heterocycles. The Morgan fingerprint density at radius 2 is 1.52 bits per heavy atom. The van der Waals surface area contributed by atoms with Crippen LogP contribution in [0.15, 0.2) is 48.5 Å². The summed E-state index contributed by atoms with van der Waals surface area (Å²) in [5.74, 6) is -3.05. The zero-order valence-electron chi connectivity index (χ0n) is 18.3. The fourth-order valence-electron chi connectivity index (χ4n) is 3.96. The molecule has 2 atom stereocenters. The van der Waals surface area contributed by atoms with Crippen LogP contribution < -0.4 is 10.6 Å². The summed E-state index contributed by atoms with van der Waals surface area (Å²) in [4.78, 5) is 36.2. The number of benzene rings is 2. The molecule has 3 N–H and O–H groups in total. The number of fused-ring (bicyclic) bond motifs is 3. The third kappa shape index (κ3) is 5.66. The molecule has 2 aromatic carbocycles. The fourth-order valence-corrected chi connectivity index (χ4v) is 3.96. The molecule has 0 bridgehead atoms. The van der Waals surface area contributed by atoms with E-state index in [2.05, 4.69) is 10.6 Å². The van der Waals surface area contributed by atoms with E-state index in [1.165, 1.54) is 0 Å². The molecule has 33 heavy (non-hydrogen) atoms. The van der Waals surface area contributed by atoms with Gasteiger partial charge in [-0.15, -0.1) is 0 Å². The van der Waals surface area contributed by atoms with Gasteiger partial charge in [0.05, 0.1) is 0 Å². The number of rotatable bonds is 9. The van der Waals surface area contributed by atoms with Gasteiger partial charge in [0.1, 0.15) is 18.7 Å². The highest BCUT2D eigenvalue weighted by molar-refractivity contribution is 5.89. The molecule has 2 aromatic rings. The third-order valence-corrected chi connectivity index (χ3v) is 5.59. The molecule has 3 rings (SSSR count). The topological polar surface area (TPSA) is 105 Å². The lowest BCUT2D eigenvalue weighted by Crippen LogP contribution is -2.54. The van der Waals surface area contributed by atoms with Crippen molar-refractivity contribution in [3.05, 3.63) is 59.7 Å². The van der Waals surface area contributed by atoms with Crippen molar-refractivity contribution in [2.24, 2.45) is 5.92 Å². The second-order valence-electron chi connectivity index (χ2n) is 8.22. The summed E-state index contributed by atoms with van der Waals surface area (Å²) in [5, 5.41) is 13.6. The van der Waals surface area contributed by atoms with Gasteiger partial charge in [0.25, 0.3) is 0 Å². The van der Waals surface area contributed by atoms with Gasteiger partial charge >= 0.3 is 12.1 Å². The Kier molecular flexibility index (Phi) is 7.63. The summed E-state index contributed by atoms with van der Waals surface area (Å²) in [7, 11) is 0. The quantitative estimate of drug-likeness (QED) is 0.528. The molecule has 0 spiro atoms. The minimum atomic E-state index is -2.90. The van der Waals surface area contributed by atoms with Crippen molar-refractivity contribution in [3.8, 4) is 11.1 Å². The Balaban J connectivity index is 1.65. The standard InChI is InChI=1S/C24H26F2N2O5/c1-13(2)21(22(29)27-19(23(30)31)11-20(25)26)28-24(32)33-12-18-16-9-5-3-7-14(16)15-8-4-6-10-17(15)18/h3-10,13,18-21H,11-12H2,1-2H3,(H,27,29)(H,28,32)(H,30,31)/t19?,21-/m1/s1. The predicted octanol–water partition coefficient (Wildman–Crippen LogP) is 3.77. The number of ether oxygens (including phenoxy) is 1. The number of alkyl halides is 2. The van der Waals surface area contributed by atoms with Crippen molar-refractivity contribution in [2.75, 3.05) is 6.61 Å². The Morgan fingerprint density at radius 3 is 2.00 bits per heavy atom. The van der Waals surface area contributed by atoms with E-state index in [1.807, 2.05) is 48.5 Å². The summed E-state index contributed by atoms with van der Waals surface area (Å²) in [6.45, 7) is 3.31. The first kappa shape index (κ1) is 24.2. The number of amides is 2. The Bertz CT molecular complexity index is 982. The first-order valence-electron chi connectivity index (χ1n) is 10.6. The molecule has 0 saturated carbocycles. The maximum absolute atomic E-state index is 12.6. The van der Waals surface area contributed by atoms with E-state index in [4.69, 9.17) is 9.84 Å². The van der Waals surface area contributed by atoms with E-state index < -0.39 is 48.8 Å². The molecule has 9 heteroatoms. The number of halogens is 2. The summed E-state index contributed by atoms with van der Waals surface area (Å²) in [5.41, 5.74) is 4.20. The predicted molar refractivity (Wildman–Crippen MR) is 117 cm³/mol. The Morgan fingerprint density at radius 1 is 0.970 bits per heavy atom. The molecule has 1 unspecified atom stereocenters. The van der Waals surface area contributed by atoms with Crippen LogP contribution in [0, 0.1) is 5.92 Å². The molecule has 1 aliphatic carbocycles. The molecule has 0 heterocycles. The highest BCUT2D eigenvalue weighted by Crippen LogP contribution is 2.44. The van der Waals surface area contributed by atoms with Crippen LogP contribution in [-0.2, 0) is 14.3 Å². The van der Waals surface area contributed by atoms with E-state index >= 15 is 0 Å². The van der Waals surface area contributed by atoms with Crippen LogP contribution >= 0.6 is 0 Å². The van der Waals surface area contributed by atoms with Crippen molar-refractivity contribution in [2.45, 2.75) is 44.7 Å². The number of carboxylic acid groups (broad SMARTS) is 1. The van der Waals surface area contributed by atoms with Crippen LogP contribution in [0.2, 0.25) is 0 Å². The van der Waals surface area contributed by atoms with Crippen molar-refractivity contribution in [3.63, 3.8) is 0 Å². The highest BCUT2D eigenvalue weighted by atomic mass is 19.3. The number of hydrogen-bond donors (Lipinski definition) is 3. The summed E-state index contributed by atoms with van der Waals surface area (Å²) < 4.78 is 30.7. The zero-order valence-corrected chi connectivity index (χ0v) is 18.3. The maximum Gasteiger partial charge on any atom is 0.407 e. The number of carboxylic acids is 1. The minimum Gasteiger partial charge on any atom is -0.480 e. The Hall–Kier alpha value is -3.49. The molecule has 2 amide bonds. The van der Waals surface area contributed by atoms with Crippen LogP contribution in [0.4, 0.5) is 13.6 Å². The fraction of sp³-hybridized carbons (Fsp3) is 0.375. The molecule has 0 saturated heterocycles. The van der Waals surface area contributed by atoms with E-state index in [9.17, 15) is 23.2 Å². The summed E-state index contributed by atoms with van der Waals surface area (Å²) in [6, 6.07) is 12.7. The molecule has 0 radical (unpaired) electrons. The molecular weight excluding hydrogens is 434 g/mol. The average molecular weight is 460 g/mol. The minimum absolute atomic E-state index is 0.0371. The van der Waals surface area contributed by atoms with Gasteiger partial charge in [0.2, 0.25) is 12.3 Å². The number of carbonyl (C=O) groups is 3. The number of hydrogen-bond acceptors (Lipinski definition) is 4. The Labute approximate surface area is 190 Å². The van der Waals surface area contributed by atoms with Crippen molar-refractivity contribution in [1.82, 2.24) is 10.6 Å². The van der Waals surface area contributed by atoms with Gasteiger partial charge in [-0.1, -0.05) is 62.4 Å². The van der Waals surface area contributed by atoms with Gasteiger partial charge in [-0.3, -0.25) is 4.79 Å². The number of nitrogens with one attached hydrogen (secondary N) is 2. The molecule has 7 nitrogen and oxygen atoms in total. The van der Waals surface area contributed by atoms with Gasteiger partial charge in [-0.2, -0.15) is 0 Å². The number of aliphatic carboxylic acids is 1. The smallest absolute Gasteiger partial charge is 0.407 e. The van der Waals surface area contributed by atoms with Gasteiger partial charge in [0.15, 0.2) is 0 Å². The van der Waals surface area contributed by atoms with Crippen LogP contribution in [-0.4, -0.2) is 48.2 Å². The zero-order chi connectivity index (χ0) is 24.1. The first-order chi connectivity index (χ1) is 15.7. The highest BCUT2D eigenvalue weighted by Gasteiger charge is 2.32. The molecular formula is C24H26F2N2O5. The van der Waals surface area contributed by atoms with Gasteiger partial charge in [-0.05, 0) is 28.2 Å². The number of alkyl carbamates (subject to hydrolysis) is 1. The van der Waals surface area contributed by atoms with Crippen molar-refractivity contribution >= 4 is 18.0 Å². The average Bonchev–Trinajstić information content (AvgIpc) is 3.08. The van der Waals surface area contributed by atoms with E-state index in [0.717, 1.165) is 22.3 Å². The lowest BCUT2D eigenvalue weighted by molar-refractivity contribution is -0.143. The first-order valence-corrected chi connectivity index (χ1v) is 10.6. The van der Waals surface area contributed by atoms with Crippen LogP contribution in [0.3, 0.4) is 0 Å². The van der Waals surface area contributed by atoms with Crippen LogP contribution in [0.25, 0.3) is 11.1 Å². The maximum atomic E-state index is 12.6. The van der Waals surface area contributed by atoms with Crippen molar-refractivity contribution in [1.29, 1.82) is 0 Å². The number of carbonyl (C=O) groups excluding carboxylic acids is 2. The van der Waals surface area contributed by atoms with Crippen molar-refractivity contribution < 1.29 is 33.0 Å². The molecule has 176 valence electrons. The second kappa shape index (κ2) is 10.4. The lowest BCUT2D eigenvalue weighted by Gasteiger charge is -2.24. The monoisotopic (exact) mass is 460 g/mol. The van der Waals surface area contributed by atoms with Gasteiger partial charge in [-0.25, -0.2) is 18.4 Å². The largest absolute Gasteiger partial charge is 0.480 e. The van der Waals surface area contributed by atoms with E-state index in [-0.39, 0.29) is 12.5 Å². The SMILES string of the molecule is CC(C)[C@@H](NC(=O)OCC1c2ccccc2-c2ccccc21)C(=O)NC(CC(F)F)C(=O)O. The third-order valence-electron chi connectivity index (χ3n) is 5.59. The van der Waals surface area contributed by atoms with E-state index in [1.54, 1.807) is 13.8 Å². The van der Waals surface area contributed by atoms with Crippen LogP contribution in [0.5, 0.6) is 0 Å². The summed E-state index contributed by atoms with van der Waals surface area (Å²) in [6.07, 6.45) is -4.79. The summed E-state index contributed by atoms with van der Waals surface area (Å²) >= 11 is 0. The second-order valence-corrected chi connectivity index (χ2v) is 8.22.